The molecule has 0 aliphatic carbocycles. The molecular formula is C19H23NO5S. The van der Waals surface area contributed by atoms with Crippen LogP contribution >= 0.6 is 0 Å². The summed E-state index contributed by atoms with van der Waals surface area (Å²) >= 11 is 0. The molecule has 0 atom stereocenters. The van der Waals surface area contributed by atoms with Gasteiger partial charge in [0.1, 0.15) is 18.1 Å². The van der Waals surface area contributed by atoms with E-state index in [-0.39, 0.29) is 23.8 Å². The number of hydrogen-bond donors (Lipinski definition) is 1. The quantitative estimate of drug-likeness (QED) is 0.532. The first-order valence-corrected chi connectivity index (χ1v) is 10.0. The first-order chi connectivity index (χ1) is 12.4. The van der Waals surface area contributed by atoms with Crippen molar-refractivity contribution in [3.63, 3.8) is 0 Å². The van der Waals surface area contributed by atoms with Gasteiger partial charge in [0, 0.05) is 13.0 Å². The van der Waals surface area contributed by atoms with Gasteiger partial charge in [-0.2, -0.15) is 0 Å². The van der Waals surface area contributed by atoms with Crippen molar-refractivity contribution in [3.05, 3.63) is 54.1 Å². The van der Waals surface area contributed by atoms with Gasteiger partial charge in [0.05, 0.1) is 11.4 Å². The van der Waals surface area contributed by atoms with Gasteiger partial charge in [-0.3, -0.25) is 9.52 Å². The van der Waals surface area contributed by atoms with E-state index in [1.165, 1.54) is 13.0 Å². The van der Waals surface area contributed by atoms with Gasteiger partial charge in [0.2, 0.25) is 10.0 Å². The second-order valence-electron chi connectivity index (χ2n) is 5.80. The van der Waals surface area contributed by atoms with Gasteiger partial charge in [-0.25, -0.2) is 8.42 Å². The fraction of sp³-hybridized carbons (Fsp3) is 0.316. The molecule has 0 spiro atoms. The molecule has 0 heterocycles. The van der Waals surface area contributed by atoms with Gasteiger partial charge in [0.25, 0.3) is 0 Å². The number of unbranched alkanes of at least 4 members (excludes halogenated alkanes) is 1. The Kier molecular flexibility index (Phi) is 7.03. The minimum Gasteiger partial charge on any atom is -0.487 e. The fourth-order valence-electron chi connectivity index (χ4n) is 2.23. The van der Waals surface area contributed by atoms with Crippen LogP contribution in [0.15, 0.2) is 48.5 Å². The number of ether oxygens (including phenoxy) is 2. The van der Waals surface area contributed by atoms with Crippen molar-refractivity contribution in [1.82, 2.24) is 0 Å². The van der Waals surface area contributed by atoms with E-state index in [1.54, 1.807) is 12.1 Å². The molecule has 0 amide bonds. The maximum absolute atomic E-state index is 12.2. The topological polar surface area (TPSA) is 81.7 Å². The lowest BCUT2D eigenvalue weighted by molar-refractivity contribution is -0.131. The van der Waals surface area contributed by atoms with Crippen LogP contribution in [0.25, 0.3) is 0 Å². The Morgan fingerprint density at radius 1 is 1.12 bits per heavy atom. The van der Waals surface area contributed by atoms with E-state index in [4.69, 9.17) is 9.47 Å². The molecule has 0 bridgehead atoms. The molecule has 0 aliphatic heterocycles. The number of carbonyl (C=O) groups excluding carboxylic acids is 1. The van der Waals surface area contributed by atoms with Crippen LogP contribution in [0, 0.1) is 0 Å². The molecule has 6 nitrogen and oxygen atoms in total. The number of benzene rings is 2. The lowest BCUT2D eigenvalue weighted by Gasteiger charge is -2.15. The molecule has 0 radical (unpaired) electrons. The molecule has 140 valence electrons. The molecule has 2 aromatic carbocycles. The Labute approximate surface area is 154 Å². The number of anilines is 1. The van der Waals surface area contributed by atoms with E-state index < -0.39 is 16.0 Å². The smallest absolute Gasteiger partial charge is 0.308 e. The maximum Gasteiger partial charge on any atom is 0.308 e. The highest BCUT2D eigenvalue weighted by atomic mass is 32.2. The van der Waals surface area contributed by atoms with Crippen molar-refractivity contribution in [2.24, 2.45) is 0 Å². The van der Waals surface area contributed by atoms with Gasteiger partial charge in [-0.15, -0.1) is 0 Å². The Morgan fingerprint density at radius 3 is 2.50 bits per heavy atom. The largest absolute Gasteiger partial charge is 0.487 e. The lowest BCUT2D eigenvalue weighted by Crippen LogP contribution is -2.17. The third kappa shape index (κ3) is 6.40. The summed E-state index contributed by atoms with van der Waals surface area (Å²) in [5.74, 6) is 0.143. The molecule has 0 unspecified atom stereocenters. The van der Waals surface area contributed by atoms with Crippen molar-refractivity contribution >= 4 is 21.7 Å². The Balaban J connectivity index is 2.23. The second-order valence-corrected chi connectivity index (χ2v) is 7.64. The predicted molar refractivity (Wildman–Crippen MR) is 101 cm³/mol. The SMILES string of the molecule is CCCCS(=O)(=O)Nc1cc(OC(C)=O)ccc1OCc1ccccc1. The highest BCUT2D eigenvalue weighted by Gasteiger charge is 2.15. The van der Waals surface area contributed by atoms with Gasteiger partial charge in [0.15, 0.2) is 0 Å². The van der Waals surface area contributed by atoms with Crippen LogP contribution in [0.5, 0.6) is 11.5 Å². The third-order valence-electron chi connectivity index (χ3n) is 3.48. The minimum absolute atomic E-state index is 0.0133. The minimum atomic E-state index is -3.52. The van der Waals surface area contributed by atoms with Crippen molar-refractivity contribution < 1.29 is 22.7 Å². The average molecular weight is 377 g/mol. The summed E-state index contributed by atoms with van der Waals surface area (Å²) in [5.41, 5.74) is 1.20. The molecule has 0 saturated heterocycles. The Morgan fingerprint density at radius 2 is 1.85 bits per heavy atom. The summed E-state index contributed by atoms with van der Waals surface area (Å²) in [6.07, 6.45) is 1.32. The summed E-state index contributed by atoms with van der Waals surface area (Å²) in [7, 11) is -3.52. The van der Waals surface area contributed by atoms with Crippen molar-refractivity contribution in [1.29, 1.82) is 0 Å². The summed E-state index contributed by atoms with van der Waals surface area (Å²) in [4.78, 5) is 11.2. The number of rotatable bonds is 9. The van der Waals surface area contributed by atoms with Crippen molar-refractivity contribution in [2.75, 3.05) is 10.5 Å². The van der Waals surface area contributed by atoms with E-state index in [9.17, 15) is 13.2 Å². The normalized spacial score (nSPS) is 11.0. The first kappa shape index (κ1) is 19.8. The molecule has 2 rings (SSSR count). The van der Waals surface area contributed by atoms with Crippen LogP contribution in [0.1, 0.15) is 32.3 Å². The molecule has 0 fully saturated rings. The van der Waals surface area contributed by atoms with E-state index >= 15 is 0 Å². The van der Waals surface area contributed by atoms with E-state index in [1.807, 2.05) is 37.3 Å². The van der Waals surface area contributed by atoms with Gasteiger partial charge >= 0.3 is 5.97 Å². The Hall–Kier alpha value is -2.54. The number of sulfonamides is 1. The molecule has 26 heavy (non-hydrogen) atoms. The van der Waals surface area contributed by atoms with Crippen LogP contribution in [-0.2, 0) is 21.4 Å². The highest BCUT2D eigenvalue weighted by Crippen LogP contribution is 2.31. The zero-order valence-electron chi connectivity index (χ0n) is 14.9. The standard InChI is InChI=1S/C19H23NO5S/c1-3-4-12-26(22,23)20-18-13-17(25-15(2)21)10-11-19(18)24-14-16-8-6-5-7-9-16/h5-11,13,20H,3-4,12,14H2,1-2H3. The third-order valence-corrected chi connectivity index (χ3v) is 4.84. The lowest BCUT2D eigenvalue weighted by atomic mass is 10.2. The highest BCUT2D eigenvalue weighted by molar-refractivity contribution is 7.92. The van der Waals surface area contributed by atoms with E-state index in [0.29, 0.717) is 12.2 Å². The molecule has 0 saturated carbocycles. The van der Waals surface area contributed by atoms with Gasteiger partial charge < -0.3 is 9.47 Å². The van der Waals surface area contributed by atoms with Crippen LogP contribution < -0.4 is 14.2 Å². The Bertz CT molecular complexity index is 834. The molecule has 0 aromatic heterocycles. The zero-order chi connectivity index (χ0) is 19.0. The van der Waals surface area contributed by atoms with Crippen molar-refractivity contribution in [3.8, 4) is 11.5 Å². The second kappa shape index (κ2) is 9.24. The molecule has 7 heteroatoms. The number of hydrogen-bond acceptors (Lipinski definition) is 5. The molecular weight excluding hydrogens is 354 g/mol. The summed E-state index contributed by atoms with van der Waals surface area (Å²) in [5, 5.41) is 0. The predicted octanol–water partition coefficient (Wildman–Crippen LogP) is 3.73. The average Bonchev–Trinajstić information content (AvgIpc) is 2.59. The van der Waals surface area contributed by atoms with E-state index in [0.717, 1.165) is 12.0 Å². The van der Waals surface area contributed by atoms with E-state index in [2.05, 4.69) is 4.72 Å². The first-order valence-electron chi connectivity index (χ1n) is 8.39. The number of esters is 1. The fourth-order valence-corrected chi connectivity index (χ4v) is 3.50. The summed E-state index contributed by atoms with van der Waals surface area (Å²) < 4.78 is 37.8. The molecule has 2 aromatic rings. The van der Waals surface area contributed by atoms with Crippen LogP contribution in [0.2, 0.25) is 0 Å². The van der Waals surface area contributed by atoms with Crippen LogP contribution in [-0.4, -0.2) is 20.1 Å². The van der Waals surface area contributed by atoms with Crippen LogP contribution in [0.3, 0.4) is 0 Å². The van der Waals surface area contributed by atoms with Crippen LogP contribution in [0.4, 0.5) is 5.69 Å². The van der Waals surface area contributed by atoms with Crippen molar-refractivity contribution in [2.45, 2.75) is 33.3 Å². The number of nitrogens with one attached hydrogen (secondary N) is 1. The summed E-state index contributed by atoms with van der Waals surface area (Å²) in [6, 6.07) is 14.1. The van der Waals surface area contributed by atoms with Gasteiger partial charge in [-0.05, 0) is 24.1 Å². The number of carbonyl (C=O) groups is 1. The summed E-state index contributed by atoms with van der Waals surface area (Å²) in [6.45, 7) is 3.49. The monoisotopic (exact) mass is 377 g/mol. The zero-order valence-corrected chi connectivity index (χ0v) is 15.7. The maximum atomic E-state index is 12.2. The van der Waals surface area contributed by atoms with Gasteiger partial charge in [-0.1, -0.05) is 43.7 Å². The molecule has 0 aliphatic rings. The molecule has 1 N–H and O–H groups in total.